The lowest BCUT2D eigenvalue weighted by molar-refractivity contribution is -0.127. The van der Waals surface area contributed by atoms with Crippen LogP contribution in [-0.4, -0.2) is 52.3 Å². The first-order valence-electron chi connectivity index (χ1n) is 7.23. The van der Waals surface area contributed by atoms with Gasteiger partial charge in [-0.25, -0.2) is 5.84 Å². The maximum Gasteiger partial charge on any atom is 0.259 e. The minimum absolute atomic E-state index is 0.129. The summed E-state index contributed by atoms with van der Waals surface area (Å²) in [6.45, 7) is 0.0979. The van der Waals surface area contributed by atoms with Gasteiger partial charge in [0.25, 0.3) is 5.91 Å². The average Bonchev–Trinajstić information content (AvgIpc) is 3.08. The number of nitrogens with two attached hydrogens (primary N) is 1. The van der Waals surface area contributed by atoms with Gasteiger partial charge in [-0.15, -0.1) is 0 Å². The van der Waals surface area contributed by atoms with Crippen LogP contribution in [0.2, 0.25) is 0 Å². The van der Waals surface area contributed by atoms with E-state index in [2.05, 4.69) is 5.16 Å². The lowest BCUT2D eigenvalue weighted by Crippen LogP contribution is -2.34. The fourth-order valence-electron chi connectivity index (χ4n) is 2.26. The number of nitrogens with zero attached hydrogens (tertiary/aromatic N) is 1. The maximum absolute atomic E-state index is 11.0. The van der Waals surface area contributed by atoms with E-state index in [1.807, 2.05) is 5.43 Å². The summed E-state index contributed by atoms with van der Waals surface area (Å²) in [5, 5.41) is 4.07. The van der Waals surface area contributed by atoms with Crippen molar-refractivity contribution in [2.75, 3.05) is 34.5 Å². The number of hydrogen-bond donors (Lipinski definition) is 2. The van der Waals surface area contributed by atoms with Gasteiger partial charge in [0.15, 0.2) is 17.6 Å². The highest BCUT2D eigenvalue weighted by Gasteiger charge is 2.25. The fraction of sp³-hybridized carbons (Fsp3) is 0.467. The smallest absolute Gasteiger partial charge is 0.259 e. The van der Waals surface area contributed by atoms with E-state index in [1.165, 1.54) is 0 Å². The fourth-order valence-corrected chi connectivity index (χ4v) is 2.26. The number of rotatable bonds is 8. The van der Waals surface area contributed by atoms with Crippen LogP contribution >= 0.6 is 0 Å². The third-order valence-electron chi connectivity index (χ3n) is 3.43. The van der Waals surface area contributed by atoms with E-state index in [9.17, 15) is 4.79 Å². The van der Waals surface area contributed by atoms with Crippen LogP contribution in [0.1, 0.15) is 12.0 Å². The number of hydrazine groups is 1. The predicted molar refractivity (Wildman–Crippen MR) is 85.3 cm³/mol. The van der Waals surface area contributed by atoms with Gasteiger partial charge in [-0.3, -0.25) is 10.2 Å². The Kier molecular flexibility index (Phi) is 6.21. The third-order valence-corrected chi connectivity index (χ3v) is 3.43. The largest absolute Gasteiger partial charge is 0.493 e. The molecule has 1 amide bonds. The number of oxime groups is 1. The molecule has 0 radical (unpaired) electrons. The van der Waals surface area contributed by atoms with E-state index in [1.54, 1.807) is 33.5 Å². The van der Waals surface area contributed by atoms with Gasteiger partial charge in [0.05, 0.1) is 33.6 Å². The zero-order valence-electron chi connectivity index (χ0n) is 13.8. The van der Waals surface area contributed by atoms with E-state index in [0.717, 1.165) is 11.3 Å². The zero-order valence-corrected chi connectivity index (χ0v) is 13.8. The Morgan fingerprint density at radius 2 is 1.96 bits per heavy atom. The van der Waals surface area contributed by atoms with Crippen molar-refractivity contribution >= 4 is 11.6 Å². The molecular formula is C15H21N3O6. The minimum atomic E-state index is -0.404. The Labute approximate surface area is 139 Å². The molecule has 1 aromatic carbocycles. The van der Waals surface area contributed by atoms with Gasteiger partial charge in [0.2, 0.25) is 5.75 Å². The Morgan fingerprint density at radius 3 is 2.50 bits per heavy atom. The molecule has 3 N–H and O–H groups in total. The SMILES string of the molecule is COc1cc(C2=NOC(COCC(=O)NN)C2)cc(OC)c1OC. The first kappa shape index (κ1) is 17.8. The molecule has 1 unspecified atom stereocenters. The van der Waals surface area contributed by atoms with Crippen LogP contribution in [0.5, 0.6) is 17.2 Å². The van der Waals surface area contributed by atoms with Gasteiger partial charge in [-0.2, -0.15) is 0 Å². The monoisotopic (exact) mass is 339 g/mol. The maximum atomic E-state index is 11.0. The Morgan fingerprint density at radius 1 is 1.29 bits per heavy atom. The van der Waals surface area contributed by atoms with Crippen LogP contribution in [0.3, 0.4) is 0 Å². The third kappa shape index (κ3) is 4.06. The molecule has 0 bridgehead atoms. The van der Waals surface area contributed by atoms with Crippen molar-refractivity contribution in [3.8, 4) is 17.2 Å². The van der Waals surface area contributed by atoms with E-state index in [-0.39, 0.29) is 19.3 Å². The summed E-state index contributed by atoms with van der Waals surface area (Å²) in [5.41, 5.74) is 3.51. The molecule has 1 aliphatic rings. The number of ether oxygens (including phenoxy) is 4. The Hall–Kier alpha value is -2.52. The number of carbonyl (C=O) groups excluding carboxylic acids is 1. The molecule has 2 rings (SSSR count). The molecule has 0 saturated carbocycles. The topological polar surface area (TPSA) is 114 Å². The van der Waals surface area contributed by atoms with Crippen molar-refractivity contribution in [3.05, 3.63) is 17.7 Å². The molecule has 1 aromatic rings. The summed E-state index contributed by atoms with van der Waals surface area (Å²) in [5.74, 6) is 6.15. The van der Waals surface area contributed by atoms with Crippen molar-refractivity contribution < 1.29 is 28.6 Å². The van der Waals surface area contributed by atoms with E-state index in [0.29, 0.717) is 23.7 Å². The second-order valence-electron chi connectivity index (χ2n) is 4.97. The van der Waals surface area contributed by atoms with Gasteiger partial charge >= 0.3 is 0 Å². The molecular weight excluding hydrogens is 318 g/mol. The lowest BCUT2D eigenvalue weighted by Gasteiger charge is -2.13. The molecule has 1 heterocycles. The van der Waals surface area contributed by atoms with Crippen LogP contribution in [0.25, 0.3) is 0 Å². The molecule has 24 heavy (non-hydrogen) atoms. The molecule has 0 aliphatic carbocycles. The van der Waals surface area contributed by atoms with Gasteiger partial charge in [-0.1, -0.05) is 5.16 Å². The summed E-state index contributed by atoms with van der Waals surface area (Å²) >= 11 is 0. The van der Waals surface area contributed by atoms with Crippen molar-refractivity contribution in [2.24, 2.45) is 11.0 Å². The molecule has 132 valence electrons. The number of methoxy groups -OCH3 is 3. The molecule has 1 aliphatic heterocycles. The molecule has 0 spiro atoms. The normalized spacial score (nSPS) is 16.2. The molecule has 0 saturated heterocycles. The lowest BCUT2D eigenvalue weighted by atomic mass is 10.0. The summed E-state index contributed by atoms with van der Waals surface area (Å²) < 4.78 is 21.2. The van der Waals surface area contributed by atoms with E-state index in [4.69, 9.17) is 29.6 Å². The number of carbonyl (C=O) groups is 1. The Bertz CT molecular complexity index is 594. The van der Waals surface area contributed by atoms with Crippen LogP contribution in [0, 0.1) is 0 Å². The van der Waals surface area contributed by atoms with Gasteiger partial charge in [-0.05, 0) is 12.1 Å². The number of amides is 1. The molecule has 9 heteroatoms. The second-order valence-corrected chi connectivity index (χ2v) is 4.97. The molecule has 0 aromatic heterocycles. The van der Waals surface area contributed by atoms with E-state index < -0.39 is 5.91 Å². The van der Waals surface area contributed by atoms with Crippen molar-refractivity contribution in [2.45, 2.75) is 12.5 Å². The number of hydrogen-bond acceptors (Lipinski definition) is 8. The highest BCUT2D eigenvalue weighted by molar-refractivity contribution is 6.02. The minimum Gasteiger partial charge on any atom is -0.493 e. The van der Waals surface area contributed by atoms with Crippen LogP contribution < -0.4 is 25.5 Å². The molecule has 1 atom stereocenters. The van der Waals surface area contributed by atoms with Gasteiger partial charge in [0.1, 0.15) is 6.61 Å². The number of benzene rings is 1. The van der Waals surface area contributed by atoms with Gasteiger partial charge < -0.3 is 23.8 Å². The highest BCUT2D eigenvalue weighted by atomic mass is 16.7. The van der Waals surface area contributed by atoms with Crippen molar-refractivity contribution in [1.29, 1.82) is 0 Å². The highest BCUT2D eigenvalue weighted by Crippen LogP contribution is 2.39. The van der Waals surface area contributed by atoms with Crippen LogP contribution in [0.4, 0.5) is 0 Å². The predicted octanol–water partition coefficient (Wildman–Crippen LogP) is 0.212. The van der Waals surface area contributed by atoms with Crippen molar-refractivity contribution in [3.63, 3.8) is 0 Å². The summed E-state index contributed by atoms with van der Waals surface area (Å²) in [6.07, 6.45) is 0.257. The second kappa shape index (κ2) is 8.37. The first-order valence-corrected chi connectivity index (χ1v) is 7.23. The van der Waals surface area contributed by atoms with Crippen molar-refractivity contribution in [1.82, 2.24) is 5.43 Å². The summed E-state index contributed by atoms with van der Waals surface area (Å²) in [4.78, 5) is 16.3. The Balaban J connectivity index is 2.04. The number of nitrogens with one attached hydrogen (secondary N) is 1. The molecule has 0 fully saturated rings. The zero-order chi connectivity index (χ0) is 17.5. The van der Waals surface area contributed by atoms with Crippen LogP contribution in [0.15, 0.2) is 17.3 Å². The summed E-state index contributed by atoms with van der Waals surface area (Å²) in [7, 11) is 4.64. The standard InChI is InChI=1S/C15H21N3O6/c1-20-12-4-9(5-13(21-2)15(12)22-3)11-6-10(24-18-11)7-23-8-14(19)17-16/h4-5,10H,6-8,16H2,1-3H3,(H,17,19). The molecule has 9 nitrogen and oxygen atoms in total. The summed E-state index contributed by atoms with van der Waals surface area (Å²) in [6, 6.07) is 3.60. The first-order chi connectivity index (χ1) is 11.6. The van der Waals surface area contributed by atoms with E-state index >= 15 is 0 Å². The quantitative estimate of drug-likeness (QED) is 0.395. The average molecular weight is 339 g/mol. The van der Waals surface area contributed by atoms with Crippen LogP contribution in [-0.2, 0) is 14.4 Å². The van der Waals surface area contributed by atoms with Gasteiger partial charge in [0, 0.05) is 12.0 Å².